The van der Waals surface area contributed by atoms with E-state index in [1.54, 1.807) is 10.4 Å². The predicted octanol–water partition coefficient (Wildman–Crippen LogP) is 4.17. The van der Waals surface area contributed by atoms with Crippen molar-refractivity contribution in [3.05, 3.63) is 59.2 Å². The molecule has 0 radical (unpaired) electrons. The molecule has 2 aromatic rings. The van der Waals surface area contributed by atoms with Crippen molar-refractivity contribution >= 4 is 6.03 Å². The Kier molecular flexibility index (Phi) is 6.83. The molecule has 2 aromatic heterocycles. The van der Waals surface area contributed by atoms with Gasteiger partial charge in [0.2, 0.25) is 0 Å². The Morgan fingerprint density at radius 3 is 2.03 bits per heavy atom. The lowest BCUT2D eigenvalue weighted by Crippen LogP contribution is -2.46. The maximum Gasteiger partial charge on any atom is 0.341 e. The Balaban J connectivity index is 1.60. The van der Waals surface area contributed by atoms with Crippen molar-refractivity contribution in [2.24, 2.45) is 5.92 Å². The Morgan fingerprint density at radius 2 is 1.55 bits per heavy atom. The van der Waals surface area contributed by atoms with Gasteiger partial charge >= 0.3 is 6.03 Å². The largest absolute Gasteiger partial charge is 0.341 e. The lowest BCUT2D eigenvalue weighted by molar-refractivity contribution is 0.0438. The van der Waals surface area contributed by atoms with E-state index in [0.717, 1.165) is 38.6 Å². The van der Waals surface area contributed by atoms with Gasteiger partial charge in [-0.2, -0.15) is 0 Å². The summed E-state index contributed by atoms with van der Waals surface area (Å²) in [6.45, 7) is 6.62. The highest BCUT2D eigenvalue weighted by atomic mass is 16.5. The lowest BCUT2D eigenvalue weighted by Gasteiger charge is -2.45. The molecule has 0 bridgehead atoms. The van der Waals surface area contributed by atoms with Crippen molar-refractivity contribution in [2.45, 2.75) is 58.0 Å². The molecule has 2 aliphatic heterocycles. The first kappa shape index (κ1) is 21.7. The Hall–Kier alpha value is -2.51. The monoisotopic (exact) mass is 423 g/mol. The van der Waals surface area contributed by atoms with Crippen molar-refractivity contribution in [3.8, 4) is 0 Å². The lowest BCUT2D eigenvalue weighted by atomic mass is 9.86. The molecule has 2 amide bonds. The minimum Gasteiger partial charge on any atom is -0.323 e. The van der Waals surface area contributed by atoms with Gasteiger partial charge < -0.3 is 4.90 Å². The molecule has 1 unspecified atom stereocenters. The van der Waals surface area contributed by atoms with E-state index in [1.165, 1.54) is 22.5 Å². The number of carbonyl (C=O) groups excluding carboxylic acids is 1. The van der Waals surface area contributed by atoms with Gasteiger partial charge in [-0.3, -0.25) is 20.1 Å². The molecule has 2 saturated heterocycles. The summed E-state index contributed by atoms with van der Waals surface area (Å²) in [5.41, 5.74) is 6.60. The van der Waals surface area contributed by atoms with Gasteiger partial charge in [0.25, 0.3) is 0 Å². The summed E-state index contributed by atoms with van der Waals surface area (Å²) in [7, 11) is 0. The van der Waals surface area contributed by atoms with Crippen molar-refractivity contribution in [3.63, 3.8) is 0 Å². The second-order valence-corrected chi connectivity index (χ2v) is 8.92. The molecular formula is C24H33N5O2. The minimum atomic E-state index is -0.402. The topological polar surface area (TPSA) is 81.6 Å². The molecule has 0 aromatic carbocycles. The summed E-state index contributed by atoms with van der Waals surface area (Å²) < 4.78 is 0. The van der Waals surface area contributed by atoms with Crippen LogP contribution in [0.2, 0.25) is 0 Å². The standard InChI is InChI=1S/C24H33N5O2/c1-17-6-4-12-25-22(17)20-8-3-9-21(23-18(2)7-5-13-26-23)29(20)16-19-10-14-28(15-11-19)24(30)27-31/h4-7,12-13,19-21,31H,3,8-11,14-16H2,1-2H3,(H,27,30)/t20-,21?/m1/s1. The first-order valence-electron chi connectivity index (χ1n) is 11.4. The number of piperidine rings is 2. The number of aromatic nitrogens is 2. The number of aryl methyl sites for hydroxylation is 2. The van der Waals surface area contributed by atoms with Gasteiger partial charge in [-0.25, -0.2) is 10.3 Å². The normalized spacial score (nSPS) is 23.0. The van der Waals surface area contributed by atoms with Crippen LogP contribution in [0.15, 0.2) is 36.7 Å². The van der Waals surface area contributed by atoms with Gasteiger partial charge in [0.15, 0.2) is 0 Å². The molecule has 4 rings (SSSR count). The average Bonchev–Trinajstić information content (AvgIpc) is 2.80. The number of amides is 2. The number of hydrogen-bond acceptors (Lipinski definition) is 5. The molecule has 31 heavy (non-hydrogen) atoms. The van der Waals surface area contributed by atoms with Gasteiger partial charge in [0, 0.05) is 32.0 Å². The SMILES string of the molecule is Cc1cccnc1C1CCC[C@H](c2ncccc2C)N1CC1CCN(C(=O)NO)CC1. The molecule has 2 aliphatic rings. The van der Waals surface area contributed by atoms with Gasteiger partial charge in [-0.1, -0.05) is 12.1 Å². The van der Waals surface area contributed by atoms with Gasteiger partial charge in [-0.15, -0.1) is 0 Å². The molecular weight excluding hydrogens is 390 g/mol. The zero-order valence-electron chi connectivity index (χ0n) is 18.5. The van der Waals surface area contributed by atoms with Crippen LogP contribution in [0.3, 0.4) is 0 Å². The summed E-state index contributed by atoms with van der Waals surface area (Å²) in [4.78, 5) is 25.7. The number of nitrogens with one attached hydrogen (secondary N) is 1. The minimum absolute atomic E-state index is 0.278. The molecule has 0 spiro atoms. The number of pyridine rings is 2. The van der Waals surface area contributed by atoms with E-state index in [9.17, 15) is 4.79 Å². The molecule has 4 heterocycles. The summed E-state index contributed by atoms with van der Waals surface area (Å²) in [6.07, 6.45) is 9.05. The third-order valence-corrected chi connectivity index (χ3v) is 6.95. The number of hydroxylamine groups is 1. The zero-order valence-corrected chi connectivity index (χ0v) is 18.5. The van der Waals surface area contributed by atoms with Crippen LogP contribution in [0, 0.1) is 19.8 Å². The third kappa shape index (κ3) is 4.72. The van der Waals surface area contributed by atoms with Crippen LogP contribution in [0.4, 0.5) is 4.79 Å². The Bertz CT molecular complexity index is 844. The van der Waals surface area contributed by atoms with E-state index < -0.39 is 6.03 Å². The molecule has 2 N–H and O–H groups in total. The summed E-state index contributed by atoms with van der Waals surface area (Å²) >= 11 is 0. The number of likely N-dealkylation sites (tertiary alicyclic amines) is 2. The fourth-order valence-corrected chi connectivity index (χ4v) is 5.28. The van der Waals surface area contributed by atoms with E-state index in [-0.39, 0.29) is 12.1 Å². The number of nitrogens with zero attached hydrogens (tertiary/aromatic N) is 4. The maximum absolute atomic E-state index is 11.8. The van der Waals surface area contributed by atoms with Crippen LogP contribution in [-0.2, 0) is 0 Å². The van der Waals surface area contributed by atoms with E-state index in [4.69, 9.17) is 15.2 Å². The maximum atomic E-state index is 11.8. The first-order valence-corrected chi connectivity index (χ1v) is 11.4. The van der Waals surface area contributed by atoms with Crippen molar-refractivity contribution in [1.82, 2.24) is 25.2 Å². The van der Waals surface area contributed by atoms with Gasteiger partial charge in [0.1, 0.15) is 0 Å². The van der Waals surface area contributed by atoms with Crippen molar-refractivity contribution in [2.75, 3.05) is 19.6 Å². The number of carbonyl (C=O) groups is 1. The highest BCUT2D eigenvalue weighted by Crippen LogP contribution is 2.43. The Morgan fingerprint density at radius 1 is 1.00 bits per heavy atom. The summed E-state index contributed by atoms with van der Waals surface area (Å²) in [5.74, 6) is 0.499. The summed E-state index contributed by atoms with van der Waals surface area (Å²) in [5, 5.41) is 8.92. The highest BCUT2D eigenvalue weighted by molar-refractivity contribution is 5.72. The van der Waals surface area contributed by atoms with Crippen LogP contribution < -0.4 is 5.48 Å². The van der Waals surface area contributed by atoms with Crippen LogP contribution in [-0.4, -0.2) is 50.6 Å². The van der Waals surface area contributed by atoms with Crippen LogP contribution in [0.5, 0.6) is 0 Å². The van der Waals surface area contributed by atoms with E-state index in [2.05, 4.69) is 30.9 Å². The van der Waals surface area contributed by atoms with Gasteiger partial charge in [-0.05, 0) is 75.1 Å². The highest BCUT2D eigenvalue weighted by Gasteiger charge is 2.37. The number of rotatable bonds is 4. The molecule has 7 nitrogen and oxygen atoms in total. The van der Waals surface area contributed by atoms with Gasteiger partial charge in [0.05, 0.1) is 23.5 Å². The second-order valence-electron chi connectivity index (χ2n) is 8.92. The third-order valence-electron chi connectivity index (χ3n) is 6.95. The quantitative estimate of drug-likeness (QED) is 0.570. The molecule has 7 heteroatoms. The van der Waals surface area contributed by atoms with E-state index >= 15 is 0 Å². The van der Waals surface area contributed by atoms with Crippen LogP contribution in [0.1, 0.15) is 66.7 Å². The molecule has 2 fully saturated rings. The van der Waals surface area contributed by atoms with Crippen LogP contribution in [0.25, 0.3) is 0 Å². The van der Waals surface area contributed by atoms with E-state index in [0.29, 0.717) is 19.0 Å². The van der Waals surface area contributed by atoms with Crippen molar-refractivity contribution in [1.29, 1.82) is 0 Å². The fraction of sp³-hybridized carbons (Fsp3) is 0.542. The zero-order chi connectivity index (χ0) is 21.8. The average molecular weight is 424 g/mol. The van der Waals surface area contributed by atoms with E-state index in [1.807, 2.05) is 24.5 Å². The molecule has 2 atom stereocenters. The summed E-state index contributed by atoms with van der Waals surface area (Å²) in [6, 6.07) is 8.48. The molecule has 166 valence electrons. The predicted molar refractivity (Wildman–Crippen MR) is 119 cm³/mol. The molecule has 0 aliphatic carbocycles. The second kappa shape index (κ2) is 9.75. The van der Waals surface area contributed by atoms with Crippen LogP contribution >= 0.6 is 0 Å². The first-order chi connectivity index (χ1) is 15.1. The smallest absolute Gasteiger partial charge is 0.323 e. The van der Waals surface area contributed by atoms with Crippen molar-refractivity contribution < 1.29 is 10.0 Å². The Labute approximate surface area is 184 Å². The fourth-order valence-electron chi connectivity index (χ4n) is 5.28. The molecule has 0 saturated carbocycles. The number of urea groups is 1. The number of hydrogen-bond donors (Lipinski definition) is 2.